The summed E-state index contributed by atoms with van der Waals surface area (Å²) >= 11 is 3.75. The second kappa shape index (κ2) is 8.12. The van der Waals surface area contributed by atoms with Crippen molar-refractivity contribution in [2.45, 2.75) is 31.7 Å². The monoisotopic (exact) mass is 259 g/mol. The number of rotatable bonds is 8. The molecule has 0 aliphatic heterocycles. The van der Waals surface area contributed by atoms with Crippen LogP contribution in [0.2, 0.25) is 0 Å². The highest BCUT2D eigenvalue weighted by Gasteiger charge is 2.09. The number of thiophene rings is 1. The molecule has 2 nitrogen and oxygen atoms in total. The average molecular weight is 259 g/mol. The van der Waals surface area contributed by atoms with Crippen molar-refractivity contribution in [3.05, 3.63) is 22.4 Å². The topological polar surface area (TPSA) is 21.3 Å². The molecule has 92 valence electrons. The maximum Gasteiger partial charge on any atom is 0.0693 e. The molecule has 0 amide bonds. The van der Waals surface area contributed by atoms with E-state index in [4.69, 9.17) is 4.74 Å². The Hall–Kier alpha value is -0.0300. The summed E-state index contributed by atoms with van der Waals surface area (Å²) in [6, 6.07) is 2.62. The fourth-order valence-electron chi connectivity index (χ4n) is 1.29. The molecule has 1 aromatic heterocycles. The largest absolute Gasteiger partial charge is 0.380 e. The van der Waals surface area contributed by atoms with Crippen molar-refractivity contribution >= 4 is 23.1 Å². The first-order valence-electron chi connectivity index (χ1n) is 5.59. The molecule has 1 N–H and O–H groups in total. The summed E-state index contributed by atoms with van der Waals surface area (Å²) in [5.41, 5.74) is 1.44. The third kappa shape index (κ3) is 5.34. The fraction of sp³-hybridized carbons (Fsp3) is 0.667. The lowest BCUT2D eigenvalue weighted by molar-refractivity contribution is 0.0895. The van der Waals surface area contributed by atoms with Gasteiger partial charge >= 0.3 is 0 Å². The van der Waals surface area contributed by atoms with Gasteiger partial charge in [0.2, 0.25) is 0 Å². The van der Waals surface area contributed by atoms with E-state index >= 15 is 0 Å². The van der Waals surface area contributed by atoms with E-state index in [0.717, 1.165) is 18.1 Å². The van der Waals surface area contributed by atoms with Gasteiger partial charge in [0, 0.05) is 31.2 Å². The first-order chi connectivity index (χ1) is 7.74. The second-order valence-electron chi connectivity index (χ2n) is 3.87. The minimum absolute atomic E-state index is 0.280. The lowest BCUT2D eigenvalue weighted by atomic mass is 10.2. The first-order valence-corrected chi connectivity index (χ1v) is 7.68. The molecule has 0 bridgehead atoms. The Morgan fingerprint density at radius 2 is 2.31 bits per heavy atom. The molecule has 2 unspecified atom stereocenters. The molecule has 0 spiro atoms. The summed E-state index contributed by atoms with van der Waals surface area (Å²) in [6.45, 7) is 5.30. The van der Waals surface area contributed by atoms with Crippen molar-refractivity contribution < 1.29 is 4.74 Å². The average Bonchev–Trinajstić information content (AvgIpc) is 2.80. The van der Waals surface area contributed by atoms with Crippen molar-refractivity contribution in [1.29, 1.82) is 0 Å². The Kier molecular flexibility index (Phi) is 7.12. The van der Waals surface area contributed by atoms with E-state index in [0.29, 0.717) is 6.04 Å². The highest BCUT2D eigenvalue weighted by molar-refractivity contribution is 7.98. The second-order valence-corrected chi connectivity index (χ2v) is 5.75. The molecule has 1 heterocycles. The summed E-state index contributed by atoms with van der Waals surface area (Å²) in [5.74, 6) is 2.27. The fourth-order valence-corrected chi connectivity index (χ4v) is 2.89. The van der Waals surface area contributed by atoms with Gasteiger partial charge in [-0.05, 0) is 36.2 Å². The number of hydrogen-bond donors (Lipinski definition) is 1. The molecule has 0 aromatic carbocycles. The van der Waals surface area contributed by atoms with Crippen LogP contribution in [-0.4, -0.2) is 31.6 Å². The van der Waals surface area contributed by atoms with Gasteiger partial charge in [0.1, 0.15) is 0 Å². The molecule has 4 heteroatoms. The zero-order chi connectivity index (χ0) is 11.8. The van der Waals surface area contributed by atoms with Crippen molar-refractivity contribution in [2.24, 2.45) is 0 Å². The van der Waals surface area contributed by atoms with Crippen molar-refractivity contribution in [2.75, 3.05) is 19.4 Å². The Labute approximate surface area is 107 Å². The smallest absolute Gasteiger partial charge is 0.0693 e. The zero-order valence-corrected chi connectivity index (χ0v) is 11.9. The normalized spacial score (nSPS) is 14.9. The van der Waals surface area contributed by atoms with Crippen LogP contribution < -0.4 is 5.32 Å². The molecule has 1 aromatic rings. The molecule has 0 aliphatic rings. The third-order valence-corrected chi connectivity index (χ3v) is 4.40. The van der Waals surface area contributed by atoms with Crippen LogP contribution in [0, 0.1) is 0 Å². The maximum atomic E-state index is 5.26. The van der Waals surface area contributed by atoms with Gasteiger partial charge in [-0.25, -0.2) is 0 Å². The van der Waals surface area contributed by atoms with E-state index in [1.807, 2.05) is 11.8 Å². The van der Waals surface area contributed by atoms with Crippen LogP contribution >= 0.6 is 23.1 Å². The van der Waals surface area contributed by atoms with Gasteiger partial charge in [-0.3, -0.25) is 0 Å². The minimum Gasteiger partial charge on any atom is -0.380 e. The van der Waals surface area contributed by atoms with E-state index in [2.05, 4.69) is 36.0 Å². The molecule has 0 saturated heterocycles. The maximum absolute atomic E-state index is 5.26. The summed E-state index contributed by atoms with van der Waals surface area (Å²) < 4.78 is 5.26. The Balaban J connectivity index is 1.99. The predicted molar refractivity (Wildman–Crippen MR) is 74.4 cm³/mol. The predicted octanol–water partition coefficient (Wildman–Crippen LogP) is 2.99. The highest BCUT2D eigenvalue weighted by Crippen LogP contribution is 2.14. The van der Waals surface area contributed by atoms with Gasteiger partial charge in [-0.15, -0.1) is 0 Å². The molecular weight excluding hydrogens is 238 g/mol. The molecule has 0 radical (unpaired) electrons. The van der Waals surface area contributed by atoms with E-state index in [1.165, 1.54) is 5.56 Å². The number of ether oxygens (including phenoxy) is 1. The van der Waals surface area contributed by atoms with Crippen LogP contribution in [0.4, 0.5) is 0 Å². The number of hydrogen-bond acceptors (Lipinski definition) is 4. The number of nitrogens with one attached hydrogen (secondary N) is 1. The molecule has 0 saturated carbocycles. The lowest BCUT2D eigenvalue weighted by Crippen LogP contribution is -2.37. The van der Waals surface area contributed by atoms with Gasteiger partial charge in [-0.1, -0.05) is 0 Å². The van der Waals surface area contributed by atoms with Gasteiger partial charge in [-0.2, -0.15) is 23.1 Å². The quantitative estimate of drug-likeness (QED) is 0.725. The van der Waals surface area contributed by atoms with Crippen molar-refractivity contribution in [1.82, 2.24) is 5.32 Å². The van der Waals surface area contributed by atoms with Crippen LogP contribution in [0.15, 0.2) is 16.8 Å². The molecule has 16 heavy (non-hydrogen) atoms. The van der Waals surface area contributed by atoms with Crippen molar-refractivity contribution in [3.63, 3.8) is 0 Å². The van der Waals surface area contributed by atoms with E-state index < -0.39 is 0 Å². The Bertz CT molecular complexity index is 264. The van der Waals surface area contributed by atoms with Gasteiger partial charge < -0.3 is 10.1 Å². The third-order valence-electron chi connectivity index (χ3n) is 2.64. The molecule has 0 aliphatic carbocycles. The van der Waals surface area contributed by atoms with Gasteiger partial charge in [0.05, 0.1) is 6.10 Å². The molecule has 2 atom stereocenters. The van der Waals surface area contributed by atoms with E-state index in [1.54, 1.807) is 18.4 Å². The summed E-state index contributed by atoms with van der Waals surface area (Å²) in [7, 11) is 1.76. The van der Waals surface area contributed by atoms with Crippen LogP contribution in [0.5, 0.6) is 0 Å². The first kappa shape index (κ1) is 14.0. The van der Waals surface area contributed by atoms with Crippen LogP contribution in [0.25, 0.3) is 0 Å². The molecule has 1 rings (SSSR count). The highest BCUT2D eigenvalue weighted by atomic mass is 32.2. The molecular formula is C12H21NOS2. The number of methoxy groups -OCH3 is 1. The van der Waals surface area contributed by atoms with E-state index in [-0.39, 0.29) is 6.10 Å². The van der Waals surface area contributed by atoms with Crippen LogP contribution in [0.3, 0.4) is 0 Å². The van der Waals surface area contributed by atoms with Crippen molar-refractivity contribution in [3.8, 4) is 0 Å². The number of thioether (sulfide) groups is 1. The van der Waals surface area contributed by atoms with Gasteiger partial charge in [0.15, 0.2) is 0 Å². The summed E-state index contributed by atoms with van der Waals surface area (Å²) in [6.07, 6.45) is 0.280. The Morgan fingerprint density at radius 3 is 2.94 bits per heavy atom. The van der Waals surface area contributed by atoms with Crippen LogP contribution in [0.1, 0.15) is 19.4 Å². The SMILES string of the molecule is COC(C)C(C)NCCSCc1ccsc1. The van der Waals surface area contributed by atoms with Crippen LogP contribution in [-0.2, 0) is 10.5 Å². The molecule has 0 fully saturated rings. The van der Waals surface area contributed by atoms with Gasteiger partial charge in [0.25, 0.3) is 0 Å². The summed E-state index contributed by atoms with van der Waals surface area (Å²) in [5, 5.41) is 7.82. The lowest BCUT2D eigenvalue weighted by Gasteiger charge is -2.19. The van der Waals surface area contributed by atoms with E-state index in [9.17, 15) is 0 Å². The minimum atomic E-state index is 0.280. The Morgan fingerprint density at radius 1 is 1.50 bits per heavy atom. The standard InChI is InChI=1S/C12H21NOS2/c1-10(11(2)14-3)13-5-7-16-9-12-4-6-15-8-12/h4,6,8,10-11,13H,5,7,9H2,1-3H3. The summed E-state index contributed by atoms with van der Waals surface area (Å²) in [4.78, 5) is 0. The zero-order valence-electron chi connectivity index (χ0n) is 10.2.